The molecule has 0 fully saturated rings. The van der Waals surface area contributed by atoms with Crippen LogP contribution in [0.15, 0.2) is 59.8 Å². The molecule has 1 aromatic heterocycles. The topological polar surface area (TPSA) is 4.93 Å². The zero-order valence-corrected chi connectivity index (χ0v) is 12.4. The second-order valence-electron chi connectivity index (χ2n) is 4.33. The van der Waals surface area contributed by atoms with Crippen LogP contribution in [0.2, 0.25) is 5.02 Å². The third-order valence-corrected chi connectivity index (χ3v) is 4.40. The van der Waals surface area contributed by atoms with Crippen molar-refractivity contribution in [2.24, 2.45) is 0 Å². The Balaban J connectivity index is 2.20. The lowest BCUT2D eigenvalue weighted by atomic mass is 10.1. The summed E-state index contributed by atoms with van der Waals surface area (Å²) in [5, 5.41) is 3.07. The third kappa shape index (κ3) is 2.22. The van der Waals surface area contributed by atoms with E-state index >= 15 is 0 Å². The van der Waals surface area contributed by atoms with Crippen molar-refractivity contribution in [1.82, 2.24) is 4.57 Å². The Morgan fingerprint density at radius 1 is 1.11 bits per heavy atom. The zero-order chi connectivity index (χ0) is 13.4. The fourth-order valence-electron chi connectivity index (χ4n) is 2.12. The minimum absolute atomic E-state index is 0.715. The van der Waals surface area contributed by atoms with Crippen LogP contribution in [-0.4, -0.2) is 4.57 Å². The molecule has 3 aromatic rings. The Hall–Kier alpha value is -1.51. The fraction of sp³-hybridized carbons (Fsp3) is 0. The Morgan fingerprint density at radius 3 is 2.68 bits per heavy atom. The van der Waals surface area contributed by atoms with E-state index in [1.54, 1.807) is 0 Å². The van der Waals surface area contributed by atoms with Crippen molar-refractivity contribution in [1.29, 1.82) is 0 Å². The van der Waals surface area contributed by atoms with E-state index in [9.17, 15) is 0 Å². The molecule has 0 spiro atoms. The number of halogens is 2. The first kappa shape index (κ1) is 12.5. The van der Waals surface area contributed by atoms with Gasteiger partial charge in [-0.15, -0.1) is 0 Å². The molecule has 0 aliphatic rings. The predicted molar refractivity (Wildman–Crippen MR) is 86.1 cm³/mol. The summed E-state index contributed by atoms with van der Waals surface area (Å²) in [5.41, 5.74) is 2.08. The number of nitrogens with zero attached hydrogens (tertiary/aromatic N) is 1. The maximum absolute atomic E-state index is 6.33. The van der Waals surface area contributed by atoms with E-state index in [1.807, 2.05) is 28.8 Å². The molecule has 94 valence electrons. The van der Waals surface area contributed by atoms with Gasteiger partial charge in [-0.1, -0.05) is 42.5 Å². The van der Waals surface area contributed by atoms with Crippen molar-refractivity contribution in [2.75, 3.05) is 0 Å². The summed E-state index contributed by atoms with van der Waals surface area (Å²) in [6.45, 7) is 3.79. The Kier molecular flexibility index (Phi) is 3.21. The number of hydrogen-bond acceptors (Lipinski definition) is 0. The summed E-state index contributed by atoms with van der Waals surface area (Å²) >= 11 is 9.78. The SMILES string of the molecule is C=Cc1ccc2cn(-c3cccc(Br)c3Cl)cc2c1. The average molecular weight is 333 g/mol. The number of hydrogen-bond donors (Lipinski definition) is 0. The number of fused-ring (bicyclic) bond motifs is 1. The quantitative estimate of drug-likeness (QED) is 0.568. The average Bonchev–Trinajstić information content (AvgIpc) is 2.84. The van der Waals surface area contributed by atoms with E-state index < -0.39 is 0 Å². The highest BCUT2D eigenvalue weighted by Crippen LogP contribution is 2.30. The molecule has 0 unspecified atom stereocenters. The van der Waals surface area contributed by atoms with Gasteiger partial charge < -0.3 is 4.57 Å². The number of benzene rings is 2. The molecule has 0 aliphatic carbocycles. The third-order valence-electron chi connectivity index (χ3n) is 3.11. The molecule has 0 atom stereocenters. The fourth-order valence-corrected chi connectivity index (χ4v) is 2.70. The van der Waals surface area contributed by atoms with Gasteiger partial charge in [0.1, 0.15) is 0 Å². The highest BCUT2D eigenvalue weighted by atomic mass is 79.9. The molecule has 3 heteroatoms. The lowest BCUT2D eigenvalue weighted by Gasteiger charge is -2.06. The molecule has 0 saturated heterocycles. The molecule has 2 aromatic carbocycles. The second kappa shape index (κ2) is 4.87. The van der Waals surface area contributed by atoms with E-state index in [4.69, 9.17) is 11.6 Å². The van der Waals surface area contributed by atoms with Gasteiger partial charge in [-0.3, -0.25) is 0 Å². The van der Waals surface area contributed by atoms with Crippen LogP contribution >= 0.6 is 27.5 Å². The largest absolute Gasteiger partial charge is 0.321 e. The first-order valence-electron chi connectivity index (χ1n) is 5.87. The molecular formula is C16H11BrClN. The Morgan fingerprint density at radius 2 is 1.89 bits per heavy atom. The van der Waals surface area contributed by atoms with Gasteiger partial charge in [-0.25, -0.2) is 0 Å². The van der Waals surface area contributed by atoms with Crippen molar-refractivity contribution in [2.45, 2.75) is 0 Å². The van der Waals surface area contributed by atoms with Crippen molar-refractivity contribution in [3.8, 4) is 5.69 Å². The Bertz CT molecular complexity index is 774. The van der Waals surface area contributed by atoms with Crippen LogP contribution in [0.25, 0.3) is 22.5 Å². The first-order chi connectivity index (χ1) is 9.19. The summed E-state index contributed by atoms with van der Waals surface area (Å²) in [4.78, 5) is 0. The van der Waals surface area contributed by atoms with Crippen molar-refractivity contribution in [3.05, 3.63) is 70.4 Å². The van der Waals surface area contributed by atoms with Crippen molar-refractivity contribution < 1.29 is 0 Å². The summed E-state index contributed by atoms with van der Waals surface area (Å²) in [6, 6.07) is 12.2. The molecule has 19 heavy (non-hydrogen) atoms. The highest BCUT2D eigenvalue weighted by Gasteiger charge is 2.07. The van der Waals surface area contributed by atoms with Crippen molar-refractivity contribution in [3.63, 3.8) is 0 Å². The molecule has 1 nitrogen and oxygen atoms in total. The maximum Gasteiger partial charge on any atom is 0.0788 e. The van der Waals surface area contributed by atoms with Gasteiger partial charge in [0.2, 0.25) is 0 Å². The molecule has 0 radical (unpaired) electrons. The second-order valence-corrected chi connectivity index (χ2v) is 5.56. The number of aromatic nitrogens is 1. The molecule has 0 bridgehead atoms. The Labute approximate surface area is 125 Å². The van der Waals surface area contributed by atoms with Gasteiger partial charge in [-0.2, -0.15) is 0 Å². The van der Waals surface area contributed by atoms with Crippen LogP contribution in [0.4, 0.5) is 0 Å². The van der Waals surface area contributed by atoms with Crippen LogP contribution in [0.5, 0.6) is 0 Å². The monoisotopic (exact) mass is 331 g/mol. The van der Waals surface area contributed by atoms with E-state index in [0.29, 0.717) is 5.02 Å². The summed E-state index contributed by atoms with van der Waals surface area (Å²) in [5.74, 6) is 0. The first-order valence-corrected chi connectivity index (χ1v) is 7.05. The van der Waals surface area contributed by atoms with Crippen LogP contribution in [-0.2, 0) is 0 Å². The molecule has 0 saturated carbocycles. The van der Waals surface area contributed by atoms with Gasteiger partial charge in [-0.05, 0) is 45.1 Å². The highest BCUT2D eigenvalue weighted by molar-refractivity contribution is 9.10. The molecule has 0 aliphatic heterocycles. The maximum atomic E-state index is 6.33. The molecule has 1 heterocycles. The molecular weight excluding hydrogens is 322 g/mol. The van der Waals surface area contributed by atoms with Gasteiger partial charge in [0.25, 0.3) is 0 Å². The lowest BCUT2D eigenvalue weighted by Crippen LogP contribution is -1.90. The zero-order valence-electron chi connectivity index (χ0n) is 10.1. The summed E-state index contributed by atoms with van der Waals surface area (Å²) < 4.78 is 2.95. The van der Waals surface area contributed by atoms with Crippen LogP contribution < -0.4 is 0 Å². The van der Waals surface area contributed by atoms with E-state index in [0.717, 1.165) is 15.7 Å². The van der Waals surface area contributed by atoms with E-state index in [1.165, 1.54) is 10.8 Å². The smallest absolute Gasteiger partial charge is 0.0788 e. The number of rotatable bonds is 2. The van der Waals surface area contributed by atoms with Gasteiger partial charge in [0.15, 0.2) is 0 Å². The standard InChI is InChI=1S/C16H11BrClN/c1-2-11-6-7-12-9-19(10-13(12)8-11)15-5-3-4-14(17)16(15)18/h2-10H,1H2. The molecule has 3 rings (SSSR count). The van der Waals surface area contributed by atoms with Crippen LogP contribution in [0.3, 0.4) is 0 Å². The summed E-state index contributed by atoms with van der Waals surface area (Å²) in [7, 11) is 0. The van der Waals surface area contributed by atoms with Gasteiger partial charge in [0, 0.05) is 22.3 Å². The van der Waals surface area contributed by atoms with Crippen molar-refractivity contribution >= 4 is 44.4 Å². The predicted octanol–water partition coefficient (Wildman–Crippen LogP) is 5.69. The minimum Gasteiger partial charge on any atom is -0.321 e. The summed E-state index contributed by atoms with van der Waals surface area (Å²) in [6.07, 6.45) is 6.01. The van der Waals surface area contributed by atoms with Crippen LogP contribution in [0.1, 0.15) is 5.56 Å². The van der Waals surface area contributed by atoms with Gasteiger partial charge in [0.05, 0.1) is 10.7 Å². The minimum atomic E-state index is 0.715. The van der Waals surface area contributed by atoms with E-state index in [2.05, 4.69) is 53.1 Å². The van der Waals surface area contributed by atoms with Crippen LogP contribution in [0, 0.1) is 0 Å². The van der Waals surface area contributed by atoms with Gasteiger partial charge >= 0.3 is 0 Å². The normalized spacial score (nSPS) is 10.8. The molecule has 0 N–H and O–H groups in total. The molecule has 0 amide bonds. The van der Waals surface area contributed by atoms with E-state index in [-0.39, 0.29) is 0 Å². The lowest BCUT2D eigenvalue weighted by molar-refractivity contribution is 1.09.